The molecule has 0 fully saturated rings. The highest BCUT2D eigenvalue weighted by molar-refractivity contribution is 6.32. The number of benzene rings is 1. The molecule has 6 heteroatoms. The number of aromatic hydroxyl groups is 1. The topological polar surface area (TPSA) is 72.5 Å². The minimum Gasteiger partial charge on any atom is -0.506 e. The number of nitrogens with two attached hydrogens (primary N) is 1. The van der Waals surface area contributed by atoms with Gasteiger partial charge in [0.2, 0.25) is 6.17 Å². The molecule has 0 saturated heterocycles. The molecule has 17 heavy (non-hydrogen) atoms. The van der Waals surface area contributed by atoms with Crippen molar-refractivity contribution in [1.29, 1.82) is 0 Å². The first-order valence-electron chi connectivity index (χ1n) is 5.02. The maximum Gasteiger partial charge on any atom is 0.342 e. The number of esters is 1. The highest BCUT2D eigenvalue weighted by Gasteiger charge is 2.28. The highest BCUT2D eigenvalue weighted by Crippen LogP contribution is 2.27. The van der Waals surface area contributed by atoms with Crippen LogP contribution in [0.1, 0.15) is 18.5 Å². The van der Waals surface area contributed by atoms with Gasteiger partial charge >= 0.3 is 5.97 Å². The summed E-state index contributed by atoms with van der Waals surface area (Å²) in [4.78, 5) is 11.2. The summed E-state index contributed by atoms with van der Waals surface area (Å²) >= 11 is 5.66. The fraction of sp³-hybridized carbons (Fsp3) is 0.364. The number of rotatable bonds is 4. The second-order valence-electron chi connectivity index (χ2n) is 3.39. The van der Waals surface area contributed by atoms with Crippen molar-refractivity contribution in [3.8, 4) is 5.75 Å². The zero-order chi connectivity index (χ0) is 13.0. The Hall–Kier alpha value is -1.33. The standard InChI is InChI=1S/C11H13ClFNO3/c1-2-17-11(16)9(13)10(14)6-3-4-8(15)7(12)5-6/h3-5,9-10,15H,2,14H2,1H3/t9?,10-/m1/s1. The number of phenolic OH excluding ortho intramolecular Hbond substituents is 1. The highest BCUT2D eigenvalue weighted by atomic mass is 35.5. The van der Waals surface area contributed by atoms with E-state index in [0.717, 1.165) is 0 Å². The van der Waals surface area contributed by atoms with Crippen molar-refractivity contribution in [2.45, 2.75) is 19.1 Å². The molecule has 0 radical (unpaired) electrons. The Morgan fingerprint density at radius 2 is 2.29 bits per heavy atom. The lowest BCUT2D eigenvalue weighted by Gasteiger charge is -2.16. The quantitative estimate of drug-likeness (QED) is 0.813. The van der Waals surface area contributed by atoms with Crippen molar-refractivity contribution < 1.29 is 19.0 Å². The van der Waals surface area contributed by atoms with Crippen LogP contribution in [-0.4, -0.2) is 23.9 Å². The van der Waals surface area contributed by atoms with E-state index in [4.69, 9.17) is 17.3 Å². The van der Waals surface area contributed by atoms with Gasteiger partial charge in [0.1, 0.15) is 5.75 Å². The number of halogens is 2. The maximum absolute atomic E-state index is 13.6. The van der Waals surface area contributed by atoms with Crippen molar-refractivity contribution in [3.63, 3.8) is 0 Å². The van der Waals surface area contributed by atoms with Gasteiger partial charge in [-0.1, -0.05) is 17.7 Å². The van der Waals surface area contributed by atoms with Crippen molar-refractivity contribution >= 4 is 17.6 Å². The first kappa shape index (κ1) is 13.7. The van der Waals surface area contributed by atoms with Gasteiger partial charge < -0.3 is 15.6 Å². The molecule has 0 heterocycles. The van der Waals surface area contributed by atoms with Crippen LogP contribution in [0.4, 0.5) is 4.39 Å². The van der Waals surface area contributed by atoms with Crippen molar-refractivity contribution in [1.82, 2.24) is 0 Å². The average molecular weight is 262 g/mol. The van der Waals surface area contributed by atoms with Crippen LogP contribution in [0.2, 0.25) is 5.02 Å². The summed E-state index contributed by atoms with van der Waals surface area (Å²) in [6, 6.07) is 2.83. The Morgan fingerprint density at radius 1 is 1.65 bits per heavy atom. The third-order valence-electron chi connectivity index (χ3n) is 2.18. The van der Waals surface area contributed by atoms with E-state index >= 15 is 0 Å². The molecule has 0 saturated carbocycles. The van der Waals surface area contributed by atoms with Crippen LogP contribution in [0.15, 0.2) is 18.2 Å². The SMILES string of the molecule is CCOC(=O)C(F)[C@H](N)c1ccc(O)c(Cl)c1. The third-order valence-corrected chi connectivity index (χ3v) is 2.49. The molecule has 2 atom stereocenters. The van der Waals surface area contributed by atoms with Crippen molar-refractivity contribution in [2.75, 3.05) is 6.61 Å². The fourth-order valence-corrected chi connectivity index (χ4v) is 1.46. The molecular formula is C11H13ClFNO3. The van der Waals surface area contributed by atoms with Gasteiger partial charge in [0, 0.05) is 0 Å². The van der Waals surface area contributed by atoms with E-state index in [-0.39, 0.29) is 17.4 Å². The number of alkyl halides is 1. The minimum absolute atomic E-state index is 0.0500. The summed E-state index contributed by atoms with van der Waals surface area (Å²) in [5, 5.41) is 9.25. The van der Waals surface area contributed by atoms with Crippen molar-refractivity contribution in [2.24, 2.45) is 5.73 Å². The summed E-state index contributed by atoms with van der Waals surface area (Å²) in [5.74, 6) is -1.14. The molecule has 0 aliphatic heterocycles. The van der Waals surface area contributed by atoms with Crippen LogP contribution in [0, 0.1) is 0 Å². The van der Waals surface area contributed by atoms with E-state index in [1.807, 2.05) is 0 Å². The van der Waals surface area contributed by atoms with Crippen LogP contribution in [0.25, 0.3) is 0 Å². The normalized spacial score (nSPS) is 14.1. The maximum atomic E-state index is 13.6. The predicted octanol–water partition coefficient (Wildman–Crippen LogP) is 1.95. The minimum atomic E-state index is -1.96. The molecule has 1 aromatic carbocycles. The van der Waals surface area contributed by atoms with Gasteiger partial charge in [-0.15, -0.1) is 0 Å². The average Bonchev–Trinajstić information content (AvgIpc) is 2.31. The number of phenols is 1. The lowest BCUT2D eigenvalue weighted by molar-refractivity contribution is -0.149. The molecule has 0 bridgehead atoms. The first-order chi connectivity index (χ1) is 7.97. The smallest absolute Gasteiger partial charge is 0.342 e. The van der Waals surface area contributed by atoms with Gasteiger partial charge in [-0.3, -0.25) is 0 Å². The molecule has 0 spiro atoms. The lowest BCUT2D eigenvalue weighted by Crippen LogP contribution is -2.31. The van der Waals surface area contributed by atoms with E-state index in [9.17, 15) is 14.3 Å². The third kappa shape index (κ3) is 3.31. The van der Waals surface area contributed by atoms with Crippen LogP contribution < -0.4 is 5.73 Å². The zero-order valence-corrected chi connectivity index (χ0v) is 9.95. The molecule has 4 nitrogen and oxygen atoms in total. The van der Waals surface area contributed by atoms with E-state index in [1.165, 1.54) is 18.2 Å². The molecule has 0 aliphatic rings. The van der Waals surface area contributed by atoms with Gasteiger partial charge in [-0.05, 0) is 24.6 Å². The number of hydrogen-bond acceptors (Lipinski definition) is 4. The Morgan fingerprint density at radius 3 is 2.82 bits per heavy atom. The molecule has 0 aliphatic carbocycles. The molecule has 0 aromatic heterocycles. The first-order valence-corrected chi connectivity index (χ1v) is 5.39. The summed E-state index contributed by atoms with van der Waals surface area (Å²) in [7, 11) is 0. The number of hydrogen-bond donors (Lipinski definition) is 2. The molecule has 1 aromatic rings. The number of carbonyl (C=O) groups excluding carboxylic acids is 1. The van der Waals surface area contributed by atoms with Gasteiger partial charge in [0.05, 0.1) is 17.7 Å². The van der Waals surface area contributed by atoms with E-state index in [2.05, 4.69) is 4.74 Å². The van der Waals surface area contributed by atoms with E-state index in [1.54, 1.807) is 6.92 Å². The van der Waals surface area contributed by atoms with Gasteiger partial charge in [0.25, 0.3) is 0 Å². The zero-order valence-electron chi connectivity index (χ0n) is 9.19. The largest absolute Gasteiger partial charge is 0.506 e. The lowest BCUT2D eigenvalue weighted by atomic mass is 10.0. The number of carbonyl (C=O) groups is 1. The van der Waals surface area contributed by atoms with Crippen LogP contribution in [0.3, 0.4) is 0 Å². The van der Waals surface area contributed by atoms with Gasteiger partial charge in [-0.25, -0.2) is 9.18 Å². The van der Waals surface area contributed by atoms with Crippen molar-refractivity contribution in [3.05, 3.63) is 28.8 Å². The second-order valence-corrected chi connectivity index (χ2v) is 3.80. The molecule has 0 amide bonds. The summed E-state index contributed by atoms with van der Waals surface area (Å²) in [6.45, 7) is 1.66. The van der Waals surface area contributed by atoms with Crippen LogP contribution in [-0.2, 0) is 9.53 Å². The van der Waals surface area contributed by atoms with Gasteiger partial charge in [0.15, 0.2) is 0 Å². The Labute approximate surface area is 103 Å². The molecule has 1 rings (SSSR count). The molecular weight excluding hydrogens is 249 g/mol. The molecule has 94 valence electrons. The Bertz CT molecular complexity index is 414. The van der Waals surface area contributed by atoms with Gasteiger partial charge in [-0.2, -0.15) is 0 Å². The monoisotopic (exact) mass is 261 g/mol. The molecule has 3 N–H and O–H groups in total. The van der Waals surface area contributed by atoms with E-state index < -0.39 is 18.2 Å². The molecule has 1 unspecified atom stereocenters. The van der Waals surface area contributed by atoms with Crippen LogP contribution in [0.5, 0.6) is 5.75 Å². The van der Waals surface area contributed by atoms with Crippen LogP contribution >= 0.6 is 11.6 Å². The Balaban J connectivity index is 2.84. The second kappa shape index (κ2) is 5.84. The Kier molecular flexibility index (Phi) is 4.72. The fourth-order valence-electron chi connectivity index (χ4n) is 1.27. The van der Waals surface area contributed by atoms with E-state index in [0.29, 0.717) is 5.56 Å². The summed E-state index contributed by atoms with van der Waals surface area (Å²) in [5.41, 5.74) is 5.89. The predicted molar refractivity (Wildman–Crippen MR) is 61.6 cm³/mol. The summed E-state index contributed by atoms with van der Waals surface area (Å²) < 4.78 is 18.1. The summed E-state index contributed by atoms with van der Waals surface area (Å²) in [6.07, 6.45) is -1.96. The number of ether oxygens (including phenoxy) is 1.